The van der Waals surface area contributed by atoms with Crippen LogP contribution in [0.1, 0.15) is 40.0 Å². The third-order valence-corrected chi connectivity index (χ3v) is 6.39. The van der Waals surface area contributed by atoms with Crippen molar-refractivity contribution in [2.75, 3.05) is 19.8 Å². The quantitative estimate of drug-likeness (QED) is 0.485. The van der Waals surface area contributed by atoms with Crippen LogP contribution in [-0.4, -0.2) is 37.6 Å². The highest BCUT2D eigenvalue weighted by atomic mass is 35.5. The molecule has 0 spiro atoms. The third-order valence-electron chi connectivity index (χ3n) is 5.89. The molecule has 8 heteroatoms. The SMILES string of the molecule is CC1(C)CC(NC(=O)COc2ccc(Cl)cc2)CC(C)(CNC(=O)COc2ccc(Cl)cc2)C1. The molecule has 2 aromatic rings. The van der Waals surface area contributed by atoms with E-state index in [1.165, 1.54) is 0 Å². The molecule has 0 heterocycles. The Kier molecular flexibility index (Phi) is 8.72. The Morgan fingerprint density at radius 3 is 1.88 bits per heavy atom. The van der Waals surface area contributed by atoms with Crippen molar-refractivity contribution in [3.63, 3.8) is 0 Å². The molecular formula is C26H32Cl2N2O4. The van der Waals surface area contributed by atoms with E-state index in [0.29, 0.717) is 28.1 Å². The molecule has 0 radical (unpaired) electrons. The predicted octanol–water partition coefficient (Wildman–Crippen LogP) is 5.27. The van der Waals surface area contributed by atoms with Crippen LogP contribution in [0.5, 0.6) is 11.5 Å². The highest BCUT2D eigenvalue weighted by Gasteiger charge is 2.41. The van der Waals surface area contributed by atoms with Crippen LogP contribution in [-0.2, 0) is 9.59 Å². The number of nitrogens with one attached hydrogen (secondary N) is 2. The van der Waals surface area contributed by atoms with E-state index in [-0.39, 0.29) is 41.9 Å². The van der Waals surface area contributed by atoms with Crippen molar-refractivity contribution in [3.8, 4) is 11.5 Å². The second-order valence-electron chi connectivity index (χ2n) is 10.1. The van der Waals surface area contributed by atoms with Crippen molar-refractivity contribution in [1.29, 1.82) is 0 Å². The van der Waals surface area contributed by atoms with Crippen molar-refractivity contribution in [3.05, 3.63) is 58.6 Å². The van der Waals surface area contributed by atoms with E-state index in [9.17, 15) is 9.59 Å². The first-order valence-electron chi connectivity index (χ1n) is 11.3. The van der Waals surface area contributed by atoms with Crippen LogP contribution in [0.3, 0.4) is 0 Å². The number of hydrogen-bond donors (Lipinski definition) is 2. The van der Waals surface area contributed by atoms with Gasteiger partial charge in [0.25, 0.3) is 11.8 Å². The van der Waals surface area contributed by atoms with Crippen LogP contribution in [0.25, 0.3) is 0 Å². The van der Waals surface area contributed by atoms with E-state index in [1.807, 2.05) is 0 Å². The van der Waals surface area contributed by atoms with Crippen LogP contribution in [0, 0.1) is 10.8 Å². The molecule has 0 aromatic heterocycles. The summed E-state index contributed by atoms with van der Waals surface area (Å²) < 4.78 is 11.1. The van der Waals surface area contributed by atoms with Crippen LogP contribution >= 0.6 is 23.2 Å². The molecule has 0 saturated heterocycles. The molecule has 3 rings (SSSR count). The highest BCUT2D eigenvalue weighted by Crippen LogP contribution is 2.45. The van der Waals surface area contributed by atoms with Crippen molar-refractivity contribution in [2.45, 2.75) is 46.1 Å². The molecule has 2 atom stereocenters. The van der Waals surface area contributed by atoms with E-state index in [4.69, 9.17) is 32.7 Å². The van der Waals surface area contributed by atoms with Gasteiger partial charge in [0, 0.05) is 22.6 Å². The lowest BCUT2D eigenvalue weighted by molar-refractivity contribution is -0.126. The number of rotatable bonds is 9. The van der Waals surface area contributed by atoms with E-state index < -0.39 is 0 Å². The van der Waals surface area contributed by atoms with Crippen molar-refractivity contribution >= 4 is 35.0 Å². The first kappa shape index (κ1) is 26.2. The van der Waals surface area contributed by atoms with Gasteiger partial charge in [0.15, 0.2) is 13.2 Å². The zero-order chi connectivity index (χ0) is 24.8. The zero-order valence-electron chi connectivity index (χ0n) is 19.8. The van der Waals surface area contributed by atoms with Gasteiger partial charge in [-0.15, -0.1) is 0 Å². The molecule has 2 aromatic carbocycles. The lowest BCUT2D eigenvalue weighted by Gasteiger charge is -2.47. The number of carbonyl (C=O) groups excluding carboxylic acids is 2. The van der Waals surface area contributed by atoms with Gasteiger partial charge < -0.3 is 20.1 Å². The van der Waals surface area contributed by atoms with E-state index in [0.717, 1.165) is 19.3 Å². The monoisotopic (exact) mass is 506 g/mol. The first-order chi connectivity index (χ1) is 16.0. The van der Waals surface area contributed by atoms with Gasteiger partial charge in [-0.1, -0.05) is 44.0 Å². The van der Waals surface area contributed by atoms with Gasteiger partial charge >= 0.3 is 0 Å². The molecule has 1 aliphatic rings. The van der Waals surface area contributed by atoms with Gasteiger partial charge in [0.1, 0.15) is 11.5 Å². The Morgan fingerprint density at radius 1 is 0.853 bits per heavy atom. The lowest BCUT2D eigenvalue weighted by atomic mass is 9.62. The minimum absolute atomic E-state index is 0.00251. The Labute approximate surface area is 211 Å². The molecule has 0 bridgehead atoms. The fraction of sp³-hybridized carbons (Fsp3) is 0.462. The van der Waals surface area contributed by atoms with Crippen molar-refractivity contribution < 1.29 is 19.1 Å². The van der Waals surface area contributed by atoms with Gasteiger partial charge in [0.05, 0.1) is 0 Å². The molecule has 6 nitrogen and oxygen atoms in total. The molecule has 1 aliphatic carbocycles. The van der Waals surface area contributed by atoms with Crippen LogP contribution in [0.15, 0.2) is 48.5 Å². The molecule has 2 N–H and O–H groups in total. The Balaban J connectivity index is 1.48. The number of ether oxygens (including phenoxy) is 2. The molecule has 34 heavy (non-hydrogen) atoms. The maximum Gasteiger partial charge on any atom is 0.258 e. The average molecular weight is 507 g/mol. The fourth-order valence-corrected chi connectivity index (χ4v) is 5.11. The van der Waals surface area contributed by atoms with Crippen LogP contribution in [0.4, 0.5) is 0 Å². The number of hydrogen-bond acceptors (Lipinski definition) is 4. The smallest absolute Gasteiger partial charge is 0.258 e. The Morgan fingerprint density at radius 2 is 1.35 bits per heavy atom. The summed E-state index contributed by atoms with van der Waals surface area (Å²) in [6.07, 6.45) is 2.57. The third kappa shape index (κ3) is 8.41. The number of carbonyl (C=O) groups is 2. The summed E-state index contributed by atoms with van der Waals surface area (Å²) in [5, 5.41) is 7.34. The molecular weight excluding hydrogens is 475 g/mol. The summed E-state index contributed by atoms with van der Waals surface area (Å²) in [6.45, 7) is 6.92. The maximum atomic E-state index is 12.5. The van der Waals surface area contributed by atoms with Gasteiger partial charge in [0.2, 0.25) is 0 Å². The highest BCUT2D eigenvalue weighted by molar-refractivity contribution is 6.30. The summed E-state index contributed by atoms with van der Waals surface area (Å²) in [4.78, 5) is 24.9. The van der Waals surface area contributed by atoms with Crippen molar-refractivity contribution in [1.82, 2.24) is 10.6 Å². The minimum atomic E-state index is -0.184. The second-order valence-corrected chi connectivity index (χ2v) is 11.0. The normalized spacial score (nSPS) is 21.4. The van der Waals surface area contributed by atoms with E-state index in [2.05, 4.69) is 31.4 Å². The molecule has 1 fully saturated rings. The largest absolute Gasteiger partial charge is 0.484 e. The van der Waals surface area contributed by atoms with Gasteiger partial charge in [-0.2, -0.15) is 0 Å². The van der Waals surface area contributed by atoms with Crippen LogP contribution < -0.4 is 20.1 Å². The summed E-state index contributed by atoms with van der Waals surface area (Å²) in [7, 11) is 0. The minimum Gasteiger partial charge on any atom is -0.484 e. The Bertz CT molecular complexity index is 979. The maximum absolute atomic E-state index is 12.5. The molecule has 184 valence electrons. The summed E-state index contributed by atoms with van der Waals surface area (Å²) >= 11 is 11.8. The Hall–Kier alpha value is -2.44. The topological polar surface area (TPSA) is 76.7 Å². The van der Waals surface area contributed by atoms with E-state index >= 15 is 0 Å². The van der Waals surface area contributed by atoms with Gasteiger partial charge in [-0.25, -0.2) is 0 Å². The molecule has 1 saturated carbocycles. The van der Waals surface area contributed by atoms with Crippen molar-refractivity contribution in [2.24, 2.45) is 10.8 Å². The molecule has 2 unspecified atom stereocenters. The number of halogens is 2. The van der Waals surface area contributed by atoms with Gasteiger partial charge in [-0.3, -0.25) is 9.59 Å². The molecule has 0 aliphatic heterocycles. The second kappa shape index (κ2) is 11.3. The number of amides is 2. The zero-order valence-corrected chi connectivity index (χ0v) is 21.3. The number of benzene rings is 2. The van der Waals surface area contributed by atoms with E-state index in [1.54, 1.807) is 48.5 Å². The van der Waals surface area contributed by atoms with Gasteiger partial charge in [-0.05, 0) is 78.6 Å². The fourth-order valence-electron chi connectivity index (χ4n) is 4.86. The summed E-state index contributed by atoms with van der Waals surface area (Å²) in [6, 6.07) is 13.8. The molecule has 2 amide bonds. The standard InChI is InChI=1S/C26H32Cl2N2O4/c1-25(2)12-20(30-24(32)15-34-22-10-6-19(28)7-11-22)13-26(3,16-25)17-29-23(31)14-33-21-8-4-18(27)5-9-21/h4-11,20H,12-17H2,1-3H3,(H,29,31)(H,30,32). The first-order valence-corrected chi connectivity index (χ1v) is 12.1. The summed E-state index contributed by atoms with van der Waals surface area (Å²) in [5.41, 5.74) is -0.140. The predicted molar refractivity (Wildman–Crippen MR) is 135 cm³/mol. The lowest BCUT2D eigenvalue weighted by Crippen LogP contribution is -2.51. The average Bonchev–Trinajstić information content (AvgIpc) is 2.75. The summed E-state index contributed by atoms with van der Waals surface area (Å²) in [5.74, 6) is 0.835. The van der Waals surface area contributed by atoms with Crippen LogP contribution in [0.2, 0.25) is 10.0 Å².